The predicted molar refractivity (Wildman–Crippen MR) is 136 cm³/mol. The van der Waals surface area contributed by atoms with Gasteiger partial charge in [-0.15, -0.1) is 0 Å². The summed E-state index contributed by atoms with van der Waals surface area (Å²) in [5.74, 6) is 0. The van der Waals surface area contributed by atoms with Crippen LogP contribution in [0, 0.1) is 0 Å². The summed E-state index contributed by atoms with van der Waals surface area (Å²) in [7, 11) is -1.95. The summed E-state index contributed by atoms with van der Waals surface area (Å²) in [6, 6.07) is 31.2. The lowest BCUT2D eigenvalue weighted by molar-refractivity contribution is 0.158. The lowest BCUT2D eigenvalue weighted by Gasteiger charge is -2.42. The van der Waals surface area contributed by atoms with Gasteiger partial charge in [0.15, 0.2) is 8.32 Å². The molecule has 1 atom stereocenters. The van der Waals surface area contributed by atoms with Gasteiger partial charge in [0, 0.05) is 0 Å². The second-order valence-corrected chi connectivity index (χ2v) is 14.8. The third-order valence-electron chi connectivity index (χ3n) is 6.71. The van der Waals surface area contributed by atoms with Crippen LogP contribution >= 0.6 is 0 Å². The molecule has 0 aliphatic rings. The van der Waals surface area contributed by atoms with Crippen molar-refractivity contribution in [2.45, 2.75) is 50.5 Å². The van der Waals surface area contributed by atoms with E-state index in [4.69, 9.17) is 4.43 Å². The molecule has 0 aromatic heterocycles. The topological polar surface area (TPSA) is 41.5 Å². The highest BCUT2D eigenvalue weighted by molar-refractivity contribution is 6.74. The molecule has 0 aliphatic heterocycles. The van der Waals surface area contributed by atoms with Gasteiger partial charge >= 0.3 is 0 Å². The van der Waals surface area contributed by atoms with E-state index in [0.717, 1.165) is 16.7 Å². The number of rotatable bonds is 9. The fourth-order valence-corrected chi connectivity index (χ4v) is 4.84. The highest BCUT2D eigenvalue weighted by Gasteiger charge is 2.40. The summed E-state index contributed by atoms with van der Waals surface area (Å²) in [5, 5.41) is 14.4. The molecule has 3 nitrogen and oxygen atoms in total. The van der Waals surface area contributed by atoms with E-state index in [-0.39, 0.29) is 17.7 Å². The average Bonchev–Trinajstić information content (AvgIpc) is 2.80. The Balaban J connectivity index is 2.08. The third-order valence-corrected chi connectivity index (χ3v) is 11.2. The molecular formula is C28H37NO2Si. The monoisotopic (exact) mass is 447 g/mol. The minimum atomic E-state index is -1.95. The van der Waals surface area contributed by atoms with E-state index in [9.17, 15) is 5.11 Å². The molecule has 170 valence electrons. The maximum atomic E-state index is 10.4. The second kappa shape index (κ2) is 10.1. The van der Waals surface area contributed by atoms with Crippen LogP contribution in [0.25, 0.3) is 0 Å². The first-order valence-corrected chi connectivity index (χ1v) is 14.3. The van der Waals surface area contributed by atoms with E-state index in [2.05, 4.69) is 112 Å². The first kappa shape index (κ1) is 24.4. The van der Waals surface area contributed by atoms with Crippen molar-refractivity contribution in [3.63, 3.8) is 0 Å². The van der Waals surface area contributed by atoms with E-state index < -0.39 is 13.9 Å². The van der Waals surface area contributed by atoms with E-state index in [1.165, 1.54) is 0 Å². The Labute approximate surface area is 194 Å². The fraction of sp³-hybridized carbons (Fsp3) is 0.357. The number of hydrogen-bond donors (Lipinski definition) is 2. The van der Waals surface area contributed by atoms with Crippen molar-refractivity contribution in [2.24, 2.45) is 0 Å². The molecule has 3 aromatic carbocycles. The molecule has 3 rings (SSSR count). The molecule has 4 heteroatoms. The van der Waals surface area contributed by atoms with Crippen LogP contribution in [0.5, 0.6) is 0 Å². The summed E-state index contributed by atoms with van der Waals surface area (Å²) in [6.45, 7) is 11.7. The van der Waals surface area contributed by atoms with Gasteiger partial charge in [0.25, 0.3) is 0 Å². The van der Waals surface area contributed by atoms with Gasteiger partial charge in [-0.05, 0) is 34.8 Å². The molecule has 0 radical (unpaired) electrons. The maximum Gasteiger partial charge on any atom is 0.192 e. The quantitative estimate of drug-likeness (QED) is 0.314. The molecule has 0 amide bonds. The van der Waals surface area contributed by atoms with Crippen molar-refractivity contribution in [3.05, 3.63) is 108 Å². The Morgan fingerprint density at radius 1 is 0.750 bits per heavy atom. The van der Waals surface area contributed by atoms with E-state index in [1.807, 2.05) is 18.2 Å². The zero-order valence-corrected chi connectivity index (χ0v) is 21.0. The van der Waals surface area contributed by atoms with Crippen molar-refractivity contribution >= 4 is 8.32 Å². The van der Waals surface area contributed by atoms with Crippen molar-refractivity contribution in [3.8, 4) is 0 Å². The smallest absolute Gasteiger partial charge is 0.192 e. The van der Waals surface area contributed by atoms with Gasteiger partial charge in [0.2, 0.25) is 0 Å². The van der Waals surface area contributed by atoms with E-state index in [1.54, 1.807) is 0 Å². The average molecular weight is 448 g/mol. The molecule has 0 fully saturated rings. The first-order valence-electron chi connectivity index (χ1n) is 11.4. The first-order chi connectivity index (χ1) is 15.2. The van der Waals surface area contributed by atoms with Crippen molar-refractivity contribution in [1.82, 2.24) is 5.32 Å². The summed E-state index contributed by atoms with van der Waals surface area (Å²) >= 11 is 0. The van der Waals surface area contributed by atoms with Gasteiger partial charge in [-0.1, -0.05) is 112 Å². The molecule has 32 heavy (non-hydrogen) atoms. The molecular weight excluding hydrogens is 410 g/mol. The third kappa shape index (κ3) is 5.21. The van der Waals surface area contributed by atoms with Crippen LogP contribution in [0.4, 0.5) is 0 Å². The molecule has 0 bridgehead atoms. The Bertz CT molecular complexity index is 856. The molecule has 1 unspecified atom stereocenters. The van der Waals surface area contributed by atoms with Crippen LogP contribution in [0.15, 0.2) is 91.0 Å². The molecule has 0 heterocycles. The van der Waals surface area contributed by atoms with Gasteiger partial charge in [-0.3, -0.25) is 5.32 Å². The number of aliphatic hydroxyl groups excluding tert-OH is 1. The minimum absolute atomic E-state index is 0.0110. The SMILES string of the molecule is CC(C)(C)[Si](C)(C)OCC(CO)NC(c1ccccc1)(c1ccccc1)c1ccccc1. The van der Waals surface area contributed by atoms with Gasteiger partial charge in [-0.25, -0.2) is 0 Å². The largest absolute Gasteiger partial charge is 0.415 e. The molecule has 3 aromatic rings. The molecule has 0 spiro atoms. The lowest BCUT2D eigenvalue weighted by atomic mass is 9.76. The maximum absolute atomic E-state index is 10.4. The zero-order valence-electron chi connectivity index (χ0n) is 20.0. The number of aliphatic hydroxyl groups is 1. The van der Waals surface area contributed by atoms with Crippen LogP contribution < -0.4 is 5.32 Å². The van der Waals surface area contributed by atoms with E-state index in [0.29, 0.717) is 6.61 Å². The Morgan fingerprint density at radius 2 is 1.12 bits per heavy atom. The number of benzene rings is 3. The van der Waals surface area contributed by atoms with Crippen LogP contribution in [0.3, 0.4) is 0 Å². The molecule has 2 N–H and O–H groups in total. The number of hydrogen-bond acceptors (Lipinski definition) is 3. The second-order valence-electron chi connectivity index (χ2n) is 9.94. The fourth-order valence-electron chi connectivity index (χ4n) is 3.79. The number of nitrogens with one attached hydrogen (secondary N) is 1. The highest BCUT2D eigenvalue weighted by atomic mass is 28.4. The standard InChI is InChI=1S/C28H37NO2Si/c1-27(2,3)32(4,5)31-22-26(21-30)29-28(23-15-9-6-10-16-23,24-17-11-7-12-18-24)25-19-13-8-14-20-25/h6-20,26,29-30H,21-22H2,1-5H3. The summed E-state index contributed by atoms with van der Waals surface area (Å²) < 4.78 is 6.52. The van der Waals surface area contributed by atoms with Crippen LogP contribution in [0.1, 0.15) is 37.5 Å². The Hall–Kier alpha value is -2.24. The van der Waals surface area contributed by atoms with Crippen LogP contribution in [0.2, 0.25) is 18.1 Å². The molecule has 0 saturated carbocycles. The van der Waals surface area contributed by atoms with Gasteiger partial charge < -0.3 is 9.53 Å². The van der Waals surface area contributed by atoms with Crippen LogP contribution in [-0.2, 0) is 9.96 Å². The van der Waals surface area contributed by atoms with Crippen LogP contribution in [-0.4, -0.2) is 32.7 Å². The van der Waals surface area contributed by atoms with Crippen molar-refractivity contribution in [2.75, 3.05) is 13.2 Å². The summed E-state index contributed by atoms with van der Waals surface area (Å²) in [5.41, 5.74) is 2.77. The van der Waals surface area contributed by atoms with Gasteiger partial charge in [-0.2, -0.15) is 0 Å². The van der Waals surface area contributed by atoms with Gasteiger partial charge in [0.1, 0.15) is 0 Å². The normalized spacial score (nSPS) is 13.7. The van der Waals surface area contributed by atoms with E-state index >= 15 is 0 Å². The zero-order chi connectivity index (χ0) is 23.2. The molecule has 0 aliphatic carbocycles. The van der Waals surface area contributed by atoms with Crippen molar-refractivity contribution in [1.29, 1.82) is 0 Å². The lowest BCUT2D eigenvalue weighted by Crippen LogP contribution is -2.54. The minimum Gasteiger partial charge on any atom is -0.415 e. The summed E-state index contributed by atoms with van der Waals surface area (Å²) in [4.78, 5) is 0. The summed E-state index contributed by atoms with van der Waals surface area (Å²) in [6.07, 6.45) is 0. The molecule has 0 saturated heterocycles. The Kier molecular flexibility index (Phi) is 7.73. The predicted octanol–water partition coefficient (Wildman–Crippen LogP) is 5.95. The highest BCUT2D eigenvalue weighted by Crippen LogP contribution is 2.39. The Morgan fingerprint density at radius 3 is 1.44 bits per heavy atom. The van der Waals surface area contributed by atoms with Crippen molar-refractivity contribution < 1.29 is 9.53 Å². The van der Waals surface area contributed by atoms with Gasteiger partial charge in [0.05, 0.1) is 24.8 Å².